The summed E-state index contributed by atoms with van der Waals surface area (Å²) in [5, 5.41) is 9.96. The molecule has 0 radical (unpaired) electrons. The normalized spacial score (nSPS) is 12.0. The Balaban J connectivity index is 4.04. The second-order valence-electron chi connectivity index (χ2n) is 6.85. The van der Waals surface area contributed by atoms with Gasteiger partial charge in [0.1, 0.15) is 0 Å². The van der Waals surface area contributed by atoms with E-state index >= 15 is 0 Å². The molecule has 0 unspecified atom stereocenters. The average Bonchev–Trinajstić information content (AvgIpc) is 2.67. The molecular weight excluding hydrogens is 342 g/mol. The van der Waals surface area contributed by atoms with Crippen molar-refractivity contribution in [2.24, 2.45) is 17.2 Å². The first kappa shape index (κ1) is 26.6. The van der Waals surface area contributed by atoms with Gasteiger partial charge in [-0.05, 0) is 14.1 Å². The summed E-state index contributed by atoms with van der Waals surface area (Å²) in [4.78, 5) is 7.25. The predicted molar refractivity (Wildman–Crippen MR) is 117 cm³/mol. The van der Waals surface area contributed by atoms with Crippen LogP contribution < -0.4 is 33.2 Å². The fourth-order valence-electron chi connectivity index (χ4n) is 2.98. The maximum Gasteiger partial charge on any atom is 0.0110 e. The molecule has 0 spiro atoms. The second kappa shape index (κ2) is 20.4. The molecule has 27 heavy (non-hydrogen) atoms. The SMILES string of the molecule is CNCCN(CCN)CCNCCN(CCN)CCN(CCN)CCNC. The van der Waals surface area contributed by atoms with Crippen LogP contribution in [0.2, 0.25) is 0 Å². The van der Waals surface area contributed by atoms with Crippen LogP contribution in [0.1, 0.15) is 0 Å². The summed E-state index contributed by atoms with van der Waals surface area (Å²) in [5.74, 6) is 0. The lowest BCUT2D eigenvalue weighted by Crippen LogP contribution is -2.44. The van der Waals surface area contributed by atoms with Crippen LogP contribution in [0.25, 0.3) is 0 Å². The number of rotatable bonds is 21. The zero-order chi connectivity index (χ0) is 20.2. The highest BCUT2D eigenvalue weighted by atomic mass is 15.2. The van der Waals surface area contributed by atoms with Crippen LogP contribution in [-0.4, -0.2) is 134 Å². The maximum atomic E-state index is 5.79. The number of nitrogens with one attached hydrogen (secondary N) is 3. The van der Waals surface area contributed by atoms with E-state index in [4.69, 9.17) is 17.2 Å². The van der Waals surface area contributed by atoms with Crippen LogP contribution in [0.4, 0.5) is 0 Å². The largest absolute Gasteiger partial charge is 0.329 e. The molecule has 164 valence electrons. The minimum Gasteiger partial charge on any atom is -0.329 e. The maximum absolute atomic E-state index is 5.79. The van der Waals surface area contributed by atoms with E-state index in [0.29, 0.717) is 19.6 Å². The van der Waals surface area contributed by atoms with Gasteiger partial charge < -0.3 is 33.2 Å². The van der Waals surface area contributed by atoms with Crippen LogP contribution in [0.15, 0.2) is 0 Å². The first-order valence-electron chi connectivity index (χ1n) is 10.5. The van der Waals surface area contributed by atoms with Crippen molar-refractivity contribution in [3.8, 4) is 0 Å². The van der Waals surface area contributed by atoms with Gasteiger partial charge in [0, 0.05) is 105 Å². The van der Waals surface area contributed by atoms with Gasteiger partial charge in [0.15, 0.2) is 0 Å². The fraction of sp³-hybridized carbons (Fsp3) is 1.00. The Morgan fingerprint density at radius 1 is 0.481 bits per heavy atom. The van der Waals surface area contributed by atoms with Crippen LogP contribution in [-0.2, 0) is 0 Å². The number of nitrogens with zero attached hydrogens (tertiary/aromatic N) is 3. The van der Waals surface area contributed by atoms with Gasteiger partial charge >= 0.3 is 0 Å². The van der Waals surface area contributed by atoms with Crippen molar-refractivity contribution < 1.29 is 0 Å². The number of nitrogens with two attached hydrogens (primary N) is 3. The molecule has 0 amide bonds. The highest BCUT2D eigenvalue weighted by molar-refractivity contribution is 4.67. The van der Waals surface area contributed by atoms with Crippen LogP contribution in [0.5, 0.6) is 0 Å². The summed E-state index contributed by atoms with van der Waals surface area (Å²) in [6.45, 7) is 15.1. The van der Waals surface area contributed by atoms with Gasteiger partial charge in [-0.2, -0.15) is 0 Å². The zero-order valence-electron chi connectivity index (χ0n) is 17.9. The van der Waals surface area contributed by atoms with Gasteiger partial charge in [-0.1, -0.05) is 0 Å². The molecule has 9 heteroatoms. The Kier molecular flexibility index (Phi) is 20.1. The highest BCUT2D eigenvalue weighted by Crippen LogP contribution is 1.92. The number of hydrogen-bond acceptors (Lipinski definition) is 9. The van der Waals surface area contributed by atoms with Gasteiger partial charge in [0.25, 0.3) is 0 Å². The molecule has 0 aromatic rings. The topological polar surface area (TPSA) is 124 Å². The van der Waals surface area contributed by atoms with Gasteiger partial charge in [0.2, 0.25) is 0 Å². The van der Waals surface area contributed by atoms with Crippen molar-refractivity contribution in [1.82, 2.24) is 30.7 Å². The van der Waals surface area contributed by atoms with E-state index in [1.165, 1.54) is 0 Å². The molecule has 0 atom stereocenters. The first-order chi connectivity index (χ1) is 13.2. The third-order valence-electron chi connectivity index (χ3n) is 4.63. The predicted octanol–water partition coefficient (Wildman–Crippen LogP) is -3.20. The molecule has 0 saturated carbocycles. The van der Waals surface area contributed by atoms with E-state index in [1.54, 1.807) is 0 Å². The quantitative estimate of drug-likeness (QED) is 0.113. The molecular formula is C18H47N9. The third kappa shape index (κ3) is 16.3. The monoisotopic (exact) mass is 389 g/mol. The Bertz CT molecular complexity index is 294. The second-order valence-corrected chi connectivity index (χ2v) is 6.85. The van der Waals surface area contributed by atoms with E-state index in [2.05, 4.69) is 30.7 Å². The van der Waals surface area contributed by atoms with Crippen LogP contribution in [0.3, 0.4) is 0 Å². The summed E-state index contributed by atoms with van der Waals surface area (Å²) in [6, 6.07) is 0. The van der Waals surface area contributed by atoms with Crippen molar-refractivity contribution in [2.75, 3.05) is 119 Å². The van der Waals surface area contributed by atoms with Gasteiger partial charge in [0.05, 0.1) is 0 Å². The fourth-order valence-corrected chi connectivity index (χ4v) is 2.98. The lowest BCUT2D eigenvalue weighted by atomic mass is 10.3. The third-order valence-corrected chi connectivity index (χ3v) is 4.63. The van der Waals surface area contributed by atoms with Gasteiger partial charge in [-0.3, -0.25) is 14.7 Å². The summed E-state index contributed by atoms with van der Waals surface area (Å²) < 4.78 is 0. The molecule has 0 aliphatic rings. The van der Waals surface area contributed by atoms with E-state index in [1.807, 2.05) is 14.1 Å². The Morgan fingerprint density at radius 2 is 0.815 bits per heavy atom. The first-order valence-corrected chi connectivity index (χ1v) is 10.5. The van der Waals surface area contributed by atoms with E-state index in [0.717, 1.165) is 85.1 Å². The zero-order valence-corrected chi connectivity index (χ0v) is 17.9. The lowest BCUT2D eigenvalue weighted by molar-refractivity contribution is 0.209. The molecule has 0 rings (SSSR count). The van der Waals surface area contributed by atoms with Crippen molar-refractivity contribution in [2.45, 2.75) is 0 Å². The highest BCUT2D eigenvalue weighted by Gasteiger charge is 2.08. The van der Waals surface area contributed by atoms with E-state index in [9.17, 15) is 0 Å². The minimum absolute atomic E-state index is 0.696. The molecule has 0 aromatic carbocycles. The Hall–Kier alpha value is -0.360. The van der Waals surface area contributed by atoms with Crippen molar-refractivity contribution >= 4 is 0 Å². The van der Waals surface area contributed by atoms with Crippen LogP contribution >= 0.6 is 0 Å². The summed E-state index contributed by atoms with van der Waals surface area (Å²) >= 11 is 0. The van der Waals surface area contributed by atoms with Crippen molar-refractivity contribution in [3.63, 3.8) is 0 Å². The Morgan fingerprint density at radius 3 is 1.15 bits per heavy atom. The molecule has 9 nitrogen and oxygen atoms in total. The van der Waals surface area contributed by atoms with E-state index < -0.39 is 0 Å². The number of likely N-dealkylation sites (N-methyl/N-ethyl adjacent to an activating group) is 2. The lowest BCUT2D eigenvalue weighted by Gasteiger charge is -2.27. The average molecular weight is 390 g/mol. The standard InChI is InChI=1S/C18H47N9/c1-22-6-13-25(10-3-19)15-8-24-9-16-27(12-5-21)18-17-26(11-4-20)14-7-23-2/h22-24H,3-21H2,1-2H3. The van der Waals surface area contributed by atoms with Gasteiger partial charge in [-0.25, -0.2) is 0 Å². The molecule has 0 aliphatic heterocycles. The summed E-state index contributed by atoms with van der Waals surface area (Å²) in [6.07, 6.45) is 0. The molecule has 9 N–H and O–H groups in total. The van der Waals surface area contributed by atoms with Crippen molar-refractivity contribution in [1.29, 1.82) is 0 Å². The summed E-state index contributed by atoms with van der Waals surface area (Å²) in [5.41, 5.74) is 17.2. The minimum atomic E-state index is 0.696. The van der Waals surface area contributed by atoms with E-state index in [-0.39, 0.29) is 0 Å². The molecule has 0 bridgehead atoms. The molecule has 0 aliphatic carbocycles. The molecule has 0 saturated heterocycles. The van der Waals surface area contributed by atoms with Crippen molar-refractivity contribution in [3.05, 3.63) is 0 Å². The molecule has 0 aromatic heterocycles. The molecule has 0 heterocycles. The summed E-state index contributed by atoms with van der Waals surface area (Å²) in [7, 11) is 3.97. The van der Waals surface area contributed by atoms with Gasteiger partial charge in [-0.15, -0.1) is 0 Å². The smallest absolute Gasteiger partial charge is 0.0110 e. The Labute approximate surface area is 167 Å². The van der Waals surface area contributed by atoms with Crippen LogP contribution in [0, 0.1) is 0 Å². The molecule has 0 fully saturated rings. The number of hydrogen-bond donors (Lipinski definition) is 6.